The van der Waals surface area contributed by atoms with Crippen LogP contribution < -0.4 is 0 Å². The third-order valence-electron chi connectivity index (χ3n) is 2.93. The summed E-state index contributed by atoms with van der Waals surface area (Å²) in [5.41, 5.74) is 1.26. The first-order valence-electron chi connectivity index (χ1n) is 5.73. The van der Waals surface area contributed by atoms with Gasteiger partial charge in [-0.25, -0.2) is 0 Å². The third kappa shape index (κ3) is 4.33. The normalized spacial score (nSPS) is 24.3. The van der Waals surface area contributed by atoms with E-state index >= 15 is 0 Å². The molecule has 1 heterocycles. The Morgan fingerprint density at radius 2 is 2.20 bits per heavy atom. The average Bonchev–Trinajstić information content (AvgIpc) is 2.15. The largest absolute Gasteiger partial charge is 0.383 e. The third-order valence-corrected chi connectivity index (χ3v) is 2.93. The summed E-state index contributed by atoms with van der Waals surface area (Å²) in [7, 11) is 1.77. The molecule has 0 unspecified atom stereocenters. The molecule has 0 spiro atoms. The van der Waals surface area contributed by atoms with Gasteiger partial charge < -0.3 is 4.74 Å². The summed E-state index contributed by atoms with van der Waals surface area (Å²) in [6, 6.07) is 0.633. The van der Waals surface area contributed by atoms with Crippen LogP contribution in [0.1, 0.15) is 13.8 Å². The van der Waals surface area contributed by atoms with E-state index in [0.717, 1.165) is 39.3 Å². The maximum Gasteiger partial charge on any atom is 0.0589 e. The first kappa shape index (κ1) is 12.7. The standard InChI is InChI=1S/C12H24N2O/c1-11(2)9-13-5-6-14(7-8-15-4)12(3)10-13/h12H,1,5-10H2,2-4H3/t12-/m0/s1. The van der Waals surface area contributed by atoms with Gasteiger partial charge in [-0.05, 0) is 13.8 Å². The van der Waals surface area contributed by atoms with Crippen LogP contribution in [-0.4, -0.2) is 62.3 Å². The van der Waals surface area contributed by atoms with Crippen molar-refractivity contribution in [3.63, 3.8) is 0 Å². The summed E-state index contributed by atoms with van der Waals surface area (Å²) >= 11 is 0. The number of methoxy groups -OCH3 is 1. The van der Waals surface area contributed by atoms with Gasteiger partial charge in [0, 0.05) is 45.9 Å². The van der Waals surface area contributed by atoms with Gasteiger partial charge in [0.2, 0.25) is 0 Å². The molecule has 0 radical (unpaired) electrons. The molecule has 0 aliphatic carbocycles. The van der Waals surface area contributed by atoms with Crippen LogP contribution >= 0.6 is 0 Å². The molecule has 0 amide bonds. The summed E-state index contributed by atoms with van der Waals surface area (Å²) in [6.07, 6.45) is 0. The van der Waals surface area contributed by atoms with Crippen molar-refractivity contribution in [2.45, 2.75) is 19.9 Å². The van der Waals surface area contributed by atoms with E-state index in [1.54, 1.807) is 7.11 Å². The van der Waals surface area contributed by atoms with Gasteiger partial charge in [-0.15, -0.1) is 0 Å². The number of nitrogens with zero attached hydrogens (tertiary/aromatic N) is 2. The van der Waals surface area contributed by atoms with Gasteiger partial charge in [0.1, 0.15) is 0 Å². The maximum atomic E-state index is 5.11. The van der Waals surface area contributed by atoms with Gasteiger partial charge in [-0.2, -0.15) is 0 Å². The fourth-order valence-corrected chi connectivity index (χ4v) is 2.14. The van der Waals surface area contributed by atoms with E-state index < -0.39 is 0 Å². The Bertz CT molecular complexity index is 206. The van der Waals surface area contributed by atoms with Crippen LogP contribution in [0.2, 0.25) is 0 Å². The molecular formula is C12H24N2O. The minimum Gasteiger partial charge on any atom is -0.383 e. The van der Waals surface area contributed by atoms with Crippen molar-refractivity contribution in [3.8, 4) is 0 Å². The second kappa shape index (κ2) is 6.26. The van der Waals surface area contributed by atoms with Gasteiger partial charge >= 0.3 is 0 Å². The predicted octanol–water partition coefficient (Wildman–Crippen LogP) is 1.21. The van der Waals surface area contributed by atoms with Crippen molar-refractivity contribution in [2.24, 2.45) is 0 Å². The zero-order chi connectivity index (χ0) is 11.3. The number of piperazine rings is 1. The quantitative estimate of drug-likeness (QED) is 0.637. The zero-order valence-corrected chi connectivity index (χ0v) is 10.3. The Labute approximate surface area is 93.7 Å². The summed E-state index contributed by atoms with van der Waals surface area (Å²) in [4.78, 5) is 4.98. The van der Waals surface area contributed by atoms with Gasteiger partial charge in [0.05, 0.1) is 6.61 Å². The van der Waals surface area contributed by atoms with E-state index in [-0.39, 0.29) is 0 Å². The second-order valence-electron chi connectivity index (χ2n) is 4.57. The van der Waals surface area contributed by atoms with Crippen LogP contribution in [0.4, 0.5) is 0 Å². The van der Waals surface area contributed by atoms with Crippen molar-refractivity contribution in [1.82, 2.24) is 9.80 Å². The van der Waals surface area contributed by atoms with E-state index in [2.05, 4.69) is 30.2 Å². The lowest BCUT2D eigenvalue weighted by Gasteiger charge is -2.39. The molecule has 15 heavy (non-hydrogen) atoms. The van der Waals surface area contributed by atoms with Gasteiger partial charge in [-0.1, -0.05) is 12.2 Å². The van der Waals surface area contributed by atoms with Crippen LogP contribution in [0.5, 0.6) is 0 Å². The Morgan fingerprint density at radius 3 is 2.73 bits per heavy atom. The Balaban J connectivity index is 2.30. The highest BCUT2D eigenvalue weighted by Gasteiger charge is 2.22. The number of ether oxygens (including phenoxy) is 1. The Kier molecular flexibility index (Phi) is 5.29. The maximum absolute atomic E-state index is 5.11. The molecule has 3 nitrogen and oxygen atoms in total. The van der Waals surface area contributed by atoms with Crippen LogP contribution in [-0.2, 0) is 4.74 Å². The van der Waals surface area contributed by atoms with Crippen LogP contribution in [0, 0.1) is 0 Å². The highest BCUT2D eigenvalue weighted by molar-refractivity contribution is 4.94. The Morgan fingerprint density at radius 1 is 1.47 bits per heavy atom. The molecule has 1 saturated heterocycles. The fraction of sp³-hybridized carbons (Fsp3) is 0.833. The van der Waals surface area contributed by atoms with E-state index in [0.29, 0.717) is 6.04 Å². The molecule has 0 saturated carbocycles. The van der Waals surface area contributed by atoms with Gasteiger partial charge in [-0.3, -0.25) is 9.80 Å². The first-order valence-corrected chi connectivity index (χ1v) is 5.73. The molecule has 1 fully saturated rings. The molecule has 1 atom stereocenters. The van der Waals surface area contributed by atoms with Gasteiger partial charge in [0.25, 0.3) is 0 Å². The van der Waals surface area contributed by atoms with E-state index in [1.807, 2.05) is 0 Å². The topological polar surface area (TPSA) is 15.7 Å². The molecule has 0 aromatic carbocycles. The summed E-state index contributed by atoms with van der Waals surface area (Å²) < 4.78 is 5.11. The SMILES string of the molecule is C=C(C)CN1CCN(CCOC)[C@@H](C)C1. The summed E-state index contributed by atoms with van der Waals surface area (Å²) in [6.45, 7) is 14.7. The summed E-state index contributed by atoms with van der Waals surface area (Å²) in [5, 5.41) is 0. The van der Waals surface area contributed by atoms with E-state index in [9.17, 15) is 0 Å². The fourth-order valence-electron chi connectivity index (χ4n) is 2.14. The molecule has 1 aliphatic heterocycles. The van der Waals surface area contributed by atoms with Crippen molar-refractivity contribution in [2.75, 3.05) is 46.4 Å². The minimum atomic E-state index is 0.633. The lowest BCUT2D eigenvalue weighted by Crippen LogP contribution is -2.52. The smallest absolute Gasteiger partial charge is 0.0589 e. The molecule has 0 N–H and O–H groups in total. The van der Waals surface area contributed by atoms with Crippen LogP contribution in [0.15, 0.2) is 12.2 Å². The van der Waals surface area contributed by atoms with Crippen molar-refractivity contribution >= 4 is 0 Å². The molecule has 1 rings (SSSR count). The first-order chi connectivity index (χ1) is 7.13. The van der Waals surface area contributed by atoms with Crippen LogP contribution in [0.25, 0.3) is 0 Å². The number of hydrogen-bond acceptors (Lipinski definition) is 3. The second-order valence-corrected chi connectivity index (χ2v) is 4.57. The van der Waals surface area contributed by atoms with Crippen molar-refractivity contribution < 1.29 is 4.74 Å². The summed E-state index contributed by atoms with van der Waals surface area (Å²) in [5.74, 6) is 0. The van der Waals surface area contributed by atoms with E-state index in [4.69, 9.17) is 4.74 Å². The van der Waals surface area contributed by atoms with Crippen LogP contribution in [0.3, 0.4) is 0 Å². The number of hydrogen-bond donors (Lipinski definition) is 0. The minimum absolute atomic E-state index is 0.633. The molecule has 0 aromatic rings. The van der Waals surface area contributed by atoms with Crippen molar-refractivity contribution in [3.05, 3.63) is 12.2 Å². The van der Waals surface area contributed by atoms with E-state index in [1.165, 1.54) is 5.57 Å². The molecule has 0 aromatic heterocycles. The Hall–Kier alpha value is -0.380. The molecular weight excluding hydrogens is 188 g/mol. The average molecular weight is 212 g/mol. The van der Waals surface area contributed by atoms with Crippen molar-refractivity contribution in [1.29, 1.82) is 0 Å². The molecule has 88 valence electrons. The molecule has 0 bridgehead atoms. The molecule has 1 aliphatic rings. The molecule has 3 heteroatoms. The lowest BCUT2D eigenvalue weighted by atomic mass is 10.1. The predicted molar refractivity (Wildman–Crippen MR) is 64.2 cm³/mol. The monoisotopic (exact) mass is 212 g/mol. The van der Waals surface area contributed by atoms with Gasteiger partial charge in [0.15, 0.2) is 0 Å². The highest BCUT2D eigenvalue weighted by Crippen LogP contribution is 2.10. The zero-order valence-electron chi connectivity index (χ0n) is 10.3. The highest BCUT2D eigenvalue weighted by atomic mass is 16.5. The lowest BCUT2D eigenvalue weighted by molar-refractivity contribution is 0.0631. The number of rotatable bonds is 5.